The normalized spacial score (nSPS) is 22.4. The van der Waals surface area contributed by atoms with Crippen LogP contribution in [0.5, 0.6) is 0 Å². The van der Waals surface area contributed by atoms with Gasteiger partial charge < -0.3 is 20.0 Å². The van der Waals surface area contributed by atoms with Crippen molar-refractivity contribution in [2.75, 3.05) is 23.9 Å². The molecule has 2 heterocycles. The quantitative estimate of drug-likeness (QED) is 0.572. The Morgan fingerprint density at radius 3 is 1.58 bits per heavy atom. The molecule has 0 fully saturated rings. The zero-order chi connectivity index (χ0) is 26.3. The summed E-state index contributed by atoms with van der Waals surface area (Å²) in [5, 5.41) is 27.8. The highest BCUT2D eigenvalue weighted by atomic mass is 35.5. The number of Topliss-reactive ketones (excluding diaryl/α,β-unsaturated/α-hetero) is 1. The van der Waals surface area contributed by atoms with Crippen LogP contribution in [0.3, 0.4) is 0 Å². The molecule has 0 saturated heterocycles. The van der Waals surface area contributed by atoms with Crippen LogP contribution < -0.4 is 20.0 Å². The van der Waals surface area contributed by atoms with Crippen molar-refractivity contribution >= 4 is 40.4 Å². The number of benzene rings is 2. The van der Waals surface area contributed by atoms with Crippen molar-refractivity contribution in [2.45, 2.75) is 38.5 Å². The first kappa shape index (κ1) is 24.5. The number of allylic oxidation sites excluding steroid dienone is 5. The van der Waals surface area contributed by atoms with Crippen molar-refractivity contribution in [1.29, 1.82) is 0 Å². The maximum absolute atomic E-state index is 13.5. The van der Waals surface area contributed by atoms with Crippen LogP contribution in [0.2, 0.25) is 10.0 Å². The fraction of sp³-hybridized carbons (Fsp3) is 0.276. The minimum absolute atomic E-state index is 0.111. The second kappa shape index (κ2) is 7.92. The molecule has 1 aliphatic carbocycles. The Labute approximate surface area is 221 Å². The van der Waals surface area contributed by atoms with Crippen LogP contribution in [0, 0.1) is 0 Å². The van der Waals surface area contributed by atoms with Crippen LogP contribution in [0.25, 0.3) is 0 Å². The molecule has 7 heteroatoms. The van der Waals surface area contributed by atoms with Crippen LogP contribution in [0.1, 0.15) is 38.8 Å². The number of halogens is 2. The van der Waals surface area contributed by atoms with Crippen molar-refractivity contribution in [3.63, 3.8) is 0 Å². The van der Waals surface area contributed by atoms with Crippen LogP contribution in [-0.4, -0.2) is 19.9 Å². The maximum atomic E-state index is 13.5. The Balaban J connectivity index is 1.60. The summed E-state index contributed by atoms with van der Waals surface area (Å²) in [5.74, 6) is -2.12. The second-order valence-corrected chi connectivity index (χ2v) is 11.4. The number of anilines is 2. The summed E-state index contributed by atoms with van der Waals surface area (Å²) < 4.78 is 0. The van der Waals surface area contributed by atoms with Gasteiger partial charge in [0.2, 0.25) is 0 Å². The van der Waals surface area contributed by atoms with Gasteiger partial charge in [-0.3, -0.25) is 4.79 Å². The summed E-state index contributed by atoms with van der Waals surface area (Å²) >= 11 is 12.5. The van der Waals surface area contributed by atoms with Crippen LogP contribution in [0.15, 0.2) is 82.6 Å². The topological polar surface area (TPSA) is 69.7 Å². The molecule has 2 aromatic carbocycles. The molecule has 5 nitrogen and oxygen atoms in total. The van der Waals surface area contributed by atoms with E-state index in [4.69, 9.17) is 23.2 Å². The van der Waals surface area contributed by atoms with Gasteiger partial charge in [-0.25, -0.2) is 0 Å². The molecule has 36 heavy (non-hydrogen) atoms. The van der Waals surface area contributed by atoms with Gasteiger partial charge in [-0.1, -0.05) is 62.4 Å². The molecule has 5 rings (SSSR count). The number of ketones is 1. The molecular weight excluding hydrogens is 495 g/mol. The van der Waals surface area contributed by atoms with Crippen molar-refractivity contribution in [2.24, 2.45) is 0 Å². The maximum Gasteiger partial charge on any atom is 0.178 e. The minimum Gasteiger partial charge on any atom is -0.872 e. The molecule has 0 N–H and O–H groups in total. The zero-order valence-corrected chi connectivity index (χ0v) is 22.5. The predicted molar refractivity (Wildman–Crippen MR) is 141 cm³/mol. The number of hydrogen-bond acceptors (Lipinski definition) is 5. The lowest BCUT2D eigenvalue weighted by atomic mass is 9.83. The highest BCUT2D eigenvalue weighted by molar-refractivity contribution is 6.31. The number of likely N-dealkylation sites (N-methyl/N-ethyl adjacent to an activating group) is 2. The van der Waals surface area contributed by atoms with E-state index in [1.54, 1.807) is 12.2 Å². The number of carbonyl (C=O) groups is 1. The number of hydrogen-bond donors (Lipinski definition) is 0. The molecule has 2 aliphatic heterocycles. The SMILES string of the molecule is CN1/C(=C\C2=C([O-])C(/C=C3\N(C)c4ccc(Cl)cc4C3(C)C)=C([O-])C2=O)C(C)(C)c2cc(Cl)ccc21. The number of carbonyl (C=O) groups excluding carboxylic acids is 1. The summed E-state index contributed by atoms with van der Waals surface area (Å²) in [6.45, 7) is 8.03. The summed E-state index contributed by atoms with van der Waals surface area (Å²) in [7, 11) is 3.76. The zero-order valence-electron chi connectivity index (χ0n) is 21.0. The number of rotatable bonds is 2. The summed E-state index contributed by atoms with van der Waals surface area (Å²) in [6.07, 6.45) is 3.14. The molecule has 0 spiro atoms. The highest BCUT2D eigenvalue weighted by Gasteiger charge is 2.41. The van der Waals surface area contributed by atoms with Gasteiger partial charge in [0.15, 0.2) is 5.78 Å². The molecule has 0 radical (unpaired) electrons. The van der Waals surface area contributed by atoms with E-state index < -0.39 is 28.1 Å². The van der Waals surface area contributed by atoms with Crippen molar-refractivity contribution < 1.29 is 15.0 Å². The standard InChI is InChI=1S/C29H28Cl2N2O3/c1-28(2)19-11-15(30)7-9-21(19)32(5)23(28)13-17-25(34)18(27(36)26(17)35)14-24-29(3,4)20-12-16(31)8-10-22(20)33(24)6/h7-14,34H,1-6H3,(H,35,36)/p-2/b23-13-,24-14-. The van der Waals surface area contributed by atoms with Gasteiger partial charge in [-0.05, 0) is 65.3 Å². The average Bonchev–Trinajstić information content (AvgIpc) is 3.21. The van der Waals surface area contributed by atoms with E-state index in [0.717, 1.165) is 33.9 Å². The number of fused-ring (bicyclic) bond motifs is 2. The smallest absolute Gasteiger partial charge is 0.178 e. The monoisotopic (exact) mass is 520 g/mol. The first-order valence-corrected chi connectivity index (χ1v) is 12.4. The molecule has 3 aliphatic rings. The minimum atomic E-state index is -0.781. The van der Waals surface area contributed by atoms with E-state index in [9.17, 15) is 15.0 Å². The first-order valence-electron chi connectivity index (χ1n) is 11.7. The van der Waals surface area contributed by atoms with Crippen molar-refractivity contribution in [3.8, 4) is 0 Å². The first-order chi connectivity index (χ1) is 16.8. The lowest BCUT2D eigenvalue weighted by Gasteiger charge is -2.26. The van der Waals surface area contributed by atoms with E-state index in [2.05, 4.69) is 0 Å². The second-order valence-electron chi connectivity index (χ2n) is 10.6. The Kier molecular flexibility index (Phi) is 5.40. The van der Waals surface area contributed by atoms with Crippen molar-refractivity contribution in [1.82, 2.24) is 0 Å². The summed E-state index contributed by atoms with van der Waals surface area (Å²) in [5.41, 5.74) is 4.12. The predicted octanol–water partition coefficient (Wildman–Crippen LogP) is 4.73. The number of nitrogens with zero attached hydrogens (tertiary/aromatic N) is 2. The van der Waals surface area contributed by atoms with Gasteiger partial charge in [0.05, 0.1) is 0 Å². The van der Waals surface area contributed by atoms with Gasteiger partial charge in [-0.2, -0.15) is 0 Å². The van der Waals surface area contributed by atoms with Gasteiger partial charge >= 0.3 is 0 Å². The molecule has 0 bridgehead atoms. The van der Waals surface area contributed by atoms with Gasteiger partial charge in [0, 0.05) is 63.3 Å². The van der Waals surface area contributed by atoms with E-state index in [-0.39, 0.29) is 11.1 Å². The third kappa shape index (κ3) is 3.33. The molecule has 0 saturated carbocycles. The Morgan fingerprint density at radius 2 is 1.14 bits per heavy atom. The fourth-order valence-corrected chi connectivity index (χ4v) is 6.01. The lowest BCUT2D eigenvalue weighted by molar-refractivity contribution is -0.308. The van der Waals surface area contributed by atoms with Gasteiger partial charge in [-0.15, -0.1) is 0 Å². The lowest BCUT2D eigenvalue weighted by Crippen LogP contribution is -2.24. The van der Waals surface area contributed by atoms with Crippen LogP contribution in [0.4, 0.5) is 11.4 Å². The Bertz CT molecular complexity index is 1480. The van der Waals surface area contributed by atoms with E-state index in [1.807, 2.05) is 88.0 Å². The Hall–Kier alpha value is -3.15. The van der Waals surface area contributed by atoms with E-state index in [0.29, 0.717) is 10.0 Å². The van der Waals surface area contributed by atoms with E-state index in [1.165, 1.54) is 0 Å². The van der Waals surface area contributed by atoms with Crippen molar-refractivity contribution in [3.05, 3.63) is 104 Å². The average molecular weight is 521 g/mol. The van der Waals surface area contributed by atoms with Crippen LogP contribution >= 0.6 is 23.2 Å². The fourth-order valence-electron chi connectivity index (χ4n) is 5.66. The summed E-state index contributed by atoms with van der Waals surface area (Å²) in [6, 6.07) is 11.2. The molecule has 186 valence electrons. The molecule has 0 unspecified atom stereocenters. The third-order valence-electron chi connectivity index (χ3n) is 7.74. The van der Waals surface area contributed by atoms with Gasteiger partial charge in [0.25, 0.3) is 0 Å². The van der Waals surface area contributed by atoms with E-state index >= 15 is 0 Å². The summed E-state index contributed by atoms with van der Waals surface area (Å²) in [4.78, 5) is 16.9. The van der Waals surface area contributed by atoms with Crippen LogP contribution in [-0.2, 0) is 15.6 Å². The Morgan fingerprint density at radius 1 is 0.722 bits per heavy atom. The van der Waals surface area contributed by atoms with Gasteiger partial charge in [0.1, 0.15) is 0 Å². The third-order valence-corrected chi connectivity index (χ3v) is 8.21. The molecule has 0 amide bonds. The molecule has 2 aromatic rings. The largest absolute Gasteiger partial charge is 0.872 e. The molecule has 0 aromatic heterocycles. The molecular formula is C29H26Cl2N2O3-2. The highest BCUT2D eigenvalue weighted by Crippen LogP contribution is 2.50. The molecule has 0 atom stereocenters.